The molecule has 1 aliphatic heterocycles. The molecule has 4 rings (SSSR count). The first-order chi connectivity index (χ1) is 13.2. The molecule has 1 atom stereocenters. The molecule has 1 aromatic heterocycles. The topological polar surface area (TPSA) is 17.4 Å². The smallest absolute Gasteiger partial charge is 0.119 e. The minimum atomic E-state index is 0.272. The fourth-order valence-corrected chi connectivity index (χ4v) is 4.23. The minimum absolute atomic E-state index is 0.272. The standard InChI is InChI=1S/C24H28N2O/c1-18-10-11-19(2)22(15-18)24-23-9-5-12-25(23)13-6-14-26(24)17-20-7-4-8-21(16-20)27-3/h4-5,7-12,15-16,24H,6,13-14,17H2,1-3H3/t24-/m0/s1. The second-order valence-corrected chi connectivity index (χ2v) is 7.56. The Balaban J connectivity index is 1.77. The van der Waals surface area contributed by atoms with E-state index >= 15 is 0 Å². The number of methoxy groups -OCH3 is 1. The number of aryl methyl sites for hydroxylation is 3. The van der Waals surface area contributed by atoms with Crippen LogP contribution in [-0.4, -0.2) is 23.1 Å². The molecule has 0 bridgehead atoms. The zero-order valence-electron chi connectivity index (χ0n) is 16.5. The molecule has 3 nitrogen and oxygen atoms in total. The lowest BCUT2D eigenvalue weighted by Crippen LogP contribution is -2.30. The molecule has 1 aliphatic rings. The highest BCUT2D eigenvalue weighted by Crippen LogP contribution is 2.35. The Bertz CT molecular complexity index is 928. The van der Waals surface area contributed by atoms with Gasteiger partial charge in [0.05, 0.1) is 13.2 Å². The van der Waals surface area contributed by atoms with Crippen molar-refractivity contribution in [3.8, 4) is 5.75 Å². The zero-order chi connectivity index (χ0) is 18.8. The van der Waals surface area contributed by atoms with Crippen molar-refractivity contribution in [2.24, 2.45) is 0 Å². The average Bonchev–Trinajstić information content (AvgIpc) is 3.06. The Morgan fingerprint density at radius 1 is 1.00 bits per heavy atom. The zero-order valence-corrected chi connectivity index (χ0v) is 16.5. The Labute approximate surface area is 162 Å². The van der Waals surface area contributed by atoms with Gasteiger partial charge in [0, 0.05) is 31.5 Å². The summed E-state index contributed by atoms with van der Waals surface area (Å²) in [6.07, 6.45) is 3.38. The number of fused-ring (bicyclic) bond motifs is 1. The maximum Gasteiger partial charge on any atom is 0.119 e. The van der Waals surface area contributed by atoms with Gasteiger partial charge in [0.25, 0.3) is 0 Å². The van der Waals surface area contributed by atoms with E-state index in [4.69, 9.17) is 4.74 Å². The van der Waals surface area contributed by atoms with Crippen LogP contribution in [0.15, 0.2) is 60.8 Å². The molecule has 0 aliphatic carbocycles. The molecule has 0 amide bonds. The van der Waals surface area contributed by atoms with Crippen LogP contribution in [0.1, 0.15) is 40.4 Å². The van der Waals surface area contributed by atoms with E-state index in [1.165, 1.54) is 27.9 Å². The third-order valence-corrected chi connectivity index (χ3v) is 5.60. The SMILES string of the molecule is COc1cccc(CN2CCCn3cccc3[C@@H]2c2cc(C)ccc2C)c1. The lowest BCUT2D eigenvalue weighted by Gasteiger charge is -2.32. The molecule has 2 heterocycles. The Morgan fingerprint density at radius 2 is 1.89 bits per heavy atom. The van der Waals surface area contributed by atoms with Gasteiger partial charge in [-0.2, -0.15) is 0 Å². The van der Waals surface area contributed by atoms with Gasteiger partial charge in [-0.05, 0) is 61.2 Å². The Morgan fingerprint density at radius 3 is 2.74 bits per heavy atom. The quantitative estimate of drug-likeness (QED) is 0.643. The first kappa shape index (κ1) is 17.9. The summed E-state index contributed by atoms with van der Waals surface area (Å²) in [6.45, 7) is 7.50. The second-order valence-electron chi connectivity index (χ2n) is 7.56. The van der Waals surface area contributed by atoms with E-state index in [2.05, 4.69) is 78.0 Å². The fourth-order valence-electron chi connectivity index (χ4n) is 4.23. The number of nitrogens with zero attached hydrogens (tertiary/aromatic N) is 2. The summed E-state index contributed by atoms with van der Waals surface area (Å²) in [7, 11) is 1.73. The number of benzene rings is 2. The van der Waals surface area contributed by atoms with Crippen molar-refractivity contribution in [2.75, 3.05) is 13.7 Å². The third-order valence-electron chi connectivity index (χ3n) is 5.60. The Kier molecular flexibility index (Phi) is 5.04. The second kappa shape index (κ2) is 7.61. The van der Waals surface area contributed by atoms with Crippen LogP contribution in [0.25, 0.3) is 0 Å². The molecule has 0 spiro atoms. The van der Waals surface area contributed by atoms with E-state index in [1.54, 1.807) is 7.11 Å². The predicted molar refractivity (Wildman–Crippen MR) is 110 cm³/mol. The van der Waals surface area contributed by atoms with E-state index in [0.29, 0.717) is 0 Å². The molecule has 0 fully saturated rings. The predicted octanol–water partition coefficient (Wildman–Crippen LogP) is 5.11. The van der Waals surface area contributed by atoms with Gasteiger partial charge in [0.1, 0.15) is 5.75 Å². The summed E-state index contributed by atoms with van der Waals surface area (Å²) in [5.74, 6) is 0.925. The highest BCUT2D eigenvalue weighted by molar-refractivity contribution is 5.38. The van der Waals surface area contributed by atoms with Gasteiger partial charge in [-0.25, -0.2) is 0 Å². The summed E-state index contributed by atoms with van der Waals surface area (Å²) in [6, 6.07) is 20.0. The van der Waals surface area contributed by atoms with Crippen LogP contribution in [-0.2, 0) is 13.1 Å². The van der Waals surface area contributed by atoms with Gasteiger partial charge in [0.15, 0.2) is 0 Å². The molecule has 140 valence electrons. The van der Waals surface area contributed by atoms with Crippen molar-refractivity contribution in [1.29, 1.82) is 0 Å². The highest BCUT2D eigenvalue weighted by Gasteiger charge is 2.28. The molecule has 0 saturated heterocycles. The van der Waals surface area contributed by atoms with Gasteiger partial charge in [0.2, 0.25) is 0 Å². The number of aromatic nitrogens is 1. The maximum absolute atomic E-state index is 5.44. The molecule has 0 saturated carbocycles. The van der Waals surface area contributed by atoms with E-state index in [9.17, 15) is 0 Å². The summed E-state index contributed by atoms with van der Waals surface area (Å²) in [4.78, 5) is 2.62. The van der Waals surface area contributed by atoms with Crippen LogP contribution in [0.4, 0.5) is 0 Å². The molecule has 0 radical (unpaired) electrons. The van der Waals surface area contributed by atoms with Gasteiger partial charge >= 0.3 is 0 Å². The van der Waals surface area contributed by atoms with Crippen LogP contribution >= 0.6 is 0 Å². The van der Waals surface area contributed by atoms with Crippen LogP contribution < -0.4 is 4.74 Å². The van der Waals surface area contributed by atoms with Gasteiger partial charge < -0.3 is 9.30 Å². The van der Waals surface area contributed by atoms with Crippen molar-refractivity contribution < 1.29 is 4.74 Å². The largest absolute Gasteiger partial charge is 0.497 e. The highest BCUT2D eigenvalue weighted by atomic mass is 16.5. The van der Waals surface area contributed by atoms with Gasteiger partial charge in [-0.3, -0.25) is 4.90 Å². The Hall–Kier alpha value is -2.52. The minimum Gasteiger partial charge on any atom is -0.497 e. The summed E-state index contributed by atoms with van der Waals surface area (Å²) in [5, 5.41) is 0. The van der Waals surface area contributed by atoms with E-state index in [0.717, 1.165) is 31.8 Å². The number of hydrogen-bond donors (Lipinski definition) is 0. The van der Waals surface area contributed by atoms with Crippen molar-refractivity contribution >= 4 is 0 Å². The van der Waals surface area contributed by atoms with Crippen LogP contribution in [0.2, 0.25) is 0 Å². The lowest BCUT2D eigenvalue weighted by atomic mass is 9.95. The van der Waals surface area contributed by atoms with Crippen LogP contribution in [0.5, 0.6) is 5.75 Å². The lowest BCUT2D eigenvalue weighted by molar-refractivity contribution is 0.219. The normalized spacial score (nSPS) is 17.4. The molecular formula is C24H28N2O. The third kappa shape index (κ3) is 3.65. The van der Waals surface area contributed by atoms with E-state index in [1.807, 2.05) is 6.07 Å². The van der Waals surface area contributed by atoms with Gasteiger partial charge in [-0.1, -0.05) is 35.9 Å². The average molecular weight is 361 g/mol. The summed E-state index contributed by atoms with van der Waals surface area (Å²) >= 11 is 0. The van der Waals surface area contributed by atoms with E-state index < -0.39 is 0 Å². The van der Waals surface area contributed by atoms with Crippen molar-refractivity contribution in [1.82, 2.24) is 9.47 Å². The maximum atomic E-state index is 5.44. The fraction of sp³-hybridized carbons (Fsp3) is 0.333. The molecule has 0 N–H and O–H groups in total. The number of hydrogen-bond acceptors (Lipinski definition) is 2. The van der Waals surface area contributed by atoms with Crippen molar-refractivity contribution in [3.05, 3.63) is 88.7 Å². The molecule has 27 heavy (non-hydrogen) atoms. The van der Waals surface area contributed by atoms with Crippen molar-refractivity contribution in [2.45, 2.75) is 39.4 Å². The monoisotopic (exact) mass is 360 g/mol. The molecule has 0 unspecified atom stereocenters. The van der Waals surface area contributed by atoms with Crippen molar-refractivity contribution in [3.63, 3.8) is 0 Å². The van der Waals surface area contributed by atoms with Crippen LogP contribution in [0, 0.1) is 13.8 Å². The first-order valence-corrected chi connectivity index (χ1v) is 9.75. The molecule has 2 aromatic carbocycles. The number of ether oxygens (including phenoxy) is 1. The molecule has 3 aromatic rings. The molecular weight excluding hydrogens is 332 g/mol. The van der Waals surface area contributed by atoms with E-state index in [-0.39, 0.29) is 6.04 Å². The number of rotatable bonds is 4. The summed E-state index contributed by atoms with van der Waals surface area (Å²) < 4.78 is 7.86. The van der Waals surface area contributed by atoms with Crippen LogP contribution in [0.3, 0.4) is 0 Å². The van der Waals surface area contributed by atoms with Gasteiger partial charge in [-0.15, -0.1) is 0 Å². The first-order valence-electron chi connectivity index (χ1n) is 9.75. The summed E-state index contributed by atoms with van der Waals surface area (Å²) in [5.41, 5.74) is 6.78. The molecule has 3 heteroatoms.